The first-order valence-corrected chi connectivity index (χ1v) is 7.57. The Balaban J connectivity index is 1.96. The molecule has 1 aromatic carbocycles. The fourth-order valence-corrected chi connectivity index (χ4v) is 3.65. The lowest BCUT2D eigenvalue weighted by atomic mass is 9.67. The summed E-state index contributed by atoms with van der Waals surface area (Å²) in [6, 6.07) is 6.90. The Morgan fingerprint density at radius 2 is 2.16 bits per heavy atom. The summed E-state index contributed by atoms with van der Waals surface area (Å²) in [5, 5.41) is 0. The normalized spacial score (nSPS) is 29.4. The molecule has 1 fully saturated rings. The summed E-state index contributed by atoms with van der Waals surface area (Å²) in [4.78, 5) is 0. The second-order valence-electron chi connectivity index (χ2n) is 6.96. The van der Waals surface area contributed by atoms with Crippen LogP contribution in [0.25, 0.3) is 0 Å². The lowest BCUT2D eigenvalue weighted by molar-refractivity contribution is 0.193. The van der Waals surface area contributed by atoms with E-state index in [4.69, 9.17) is 10.5 Å². The Kier molecular flexibility index (Phi) is 3.30. The van der Waals surface area contributed by atoms with Crippen LogP contribution in [0, 0.1) is 5.41 Å². The van der Waals surface area contributed by atoms with Crippen LogP contribution in [0.1, 0.15) is 56.6 Å². The smallest absolute Gasteiger partial charge is 0.126 e. The highest BCUT2D eigenvalue weighted by atomic mass is 16.5. The number of nitrogens with two attached hydrogens (primary N) is 1. The maximum atomic E-state index is 6.41. The van der Waals surface area contributed by atoms with Crippen molar-refractivity contribution < 1.29 is 4.74 Å². The van der Waals surface area contributed by atoms with Gasteiger partial charge in [0.1, 0.15) is 5.75 Å². The second-order valence-corrected chi connectivity index (χ2v) is 6.96. The summed E-state index contributed by atoms with van der Waals surface area (Å²) in [6.07, 6.45) is 5.82. The van der Waals surface area contributed by atoms with E-state index in [1.807, 2.05) is 0 Å². The SMILES string of the molecule is CC1(C)CCC(N)C(c2cccc3c2OCCC3)C1. The van der Waals surface area contributed by atoms with Crippen molar-refractivity contribution in [2.24, 2.45) is 11.1 Å². The molecule has 1 aliphatic carbocycles. The van der Waals surface area contributed by atoms with Crippen LogP contribution in [0.15, 0.2) is 18.2 Å². The fourth-order valence-electron chi connectivity index (χ4n) is 3.65. The van der Waals surface area contributed by atoms with Gasteiger partial charge in [0.25, 0.3) is 0 Å². The van der Waals surface area contributed by atoms with Crippen molar-refractivity contribution in [1.29, 1.82) is 0 Å². The molecule has 0 aromatic heterocycles. The number of hydrogen-bond acceptors (Lipinski definition) is 2. The first kappa shape index (κ1) is 13.0. The van der Waals surface area contributed by atoms with Crippen LogP contribution >= 0.6 is 0 Å². The van der Waals surface area contributed by atoms with E-state index in [0.717, 1.165) is 31.6 Å². The molecule has 19 heavy (non-hydrogen) atoms. The quantitative estimate of drug-likeness (QED) is 0.836. The highest BCUT2D eigenvalue weighted by molar-refractivity contribution is 5.45. The summed E-state index contributed by atoms with van der Waals surface area (Å²) in [5.74, 6) is 1.60. The molecule has 1 aliphatic heterocycles. The van der Waals surface area contributed by atoms with Gasteiger partial charge in [-0.3, -0.25) is 0 Å². The van der Waals surface area contributed by atoms with E-state index in [-0.39, 0.29) is 6.04 Å². The zero-order valence-electron chi connectivity index (χ0n) is 12.1. The number of rotatable bonds is 1. The van der Waals surface area contributed by atoms with Gasteiger partial charge in [-0.1, -0.05) is 32.0 Å². The number of ether oxygens (including phenoxy) is 1. The van der Waals surface area contributed by atoms with Gasteiger partial charge in [0, 0.05) is 12.0 Å². The van der Waals surface area contributed by atoms with E-state index in [1.54, 1.807) is 0 Å². The molecule has 0 radical (unpaired) electrons. The van der Waals surface area contributed by atoms with Crippen molar-refractivity contribution in [3.05, 3.63) is 29.3 Å². The van der Waals surface area contributed by atoms with Crippen LogP contribution in [0.4, 0.5) is 0 Å². The van der Waals surface area contributed by atoms with Gasteiger partial charge in [0.15, 0.2) is 0 Å². The molecule has 2 heteroatoms. The average Bonchev–Trinajstić information content (AvgIpc) is 2.41. The van der Waals surface area contributed by atoms with Crippen molar-refractivity contribution >= 4 is 0 Å². The predicted octanol–water partition coefficient (Wildman–Crippen LogP) is 3.63. The summed E-state index contributed by atoms with van der Waals surface area (Å²) in [7, 11) is 0. The third kappa shape index (κ3) is 2.51. The van der Waals surface area contributed by atoms with E-state index >= 15 is 0 Å². The zero-order valence-corrected chi connectivity index (χ0v) is 12.1. The van der Waals surface area contributed by atoms with Gasteiger partial charge in [0.2, 0.25) is 0 Å². The molecule has 1 aromatic rings. The number of benzene rings is 1. The minimum absolute atomic E-state index is 0.282. The van der Waals surface area contributed by atoms with Gasteiger partial charge in [-0.05, 0) is 48.6 Å². The van der Waals surface area contributed by atoms with Crippen LogP contribution in [0.2, 0.25) is 0 Å². The van der Waals surface area contributed by atoms with Crippen molar-refractivity contribution in [1.82, 2.24) is 0 Å². The maximum Gasteiger partial charge on any atom is 0.126 e. The predicted molar refractivity (Wildman–Crippen MR) is 78.6 cm³/mol. The van der Waals surface area contributed by atoms with Gasteiger partial charge in [0.05, 0.1) is 6.61 Å². The highest BCUT2D eigenvalue weighted by Gasteiger charge is 2.35. The summed E-state index contributed by atoms with van der Waals surface area (Å²) < 4.78 is 5.97. The zero-order chi connectivity index (χ0) is 13.5. The second kappa shape index (κ2) is 4.82. The van der Waals surface area contributed by atoms with Crippen molar-refractivity contribution in [2.45, 2.75) is 57.9 Å². The Labute approximate surface area is 116 Å². The molecule has 0 saturated heterocycles. The van der Waals surface area contributed by atoms with Gasteiger partial charge in [-0.15, -0.1) is 0 Å². The highest BCUT2D eigenvalue weighted by Crippen LogP contribution is 2.46. The van der Waals surface area contributed by atoms with E-state index < -0.39 is 0 Å². The van der Waals surface area contributed by atoms with Crippen LogP contribution < -0.4 is 10.5 Å². The number of hydrogen-bond donors (Lipinski definition) is 1. The number of fused-ring (bicyclic) bond motifs is 1. The van der Waals surface area contributed by atoms with Crippen molar-refractivity contribution in [3.8, 4) is 5.75 Å². The summed E-state index contributed by atoms with van der Waals surface area (Å²) in [5.41, 5.74) is 9.54. The van der Waals surface area contributed by atoms with Crippen LogP contribution in [-0.4, -0.2) is 12.6 Å². The lowest BCUT2D eigenvalue weighted by Gasteiger charge is -2.40. The van der Waals surface area contributed by atoms with Crippen LogP contribution in [-0.2, 0) is 6.42 Å². The maximum absolute atomic E-state index is 6.41. The minimum atomic E-state index is 0.282. The Morgan fingerprint density at radius 3 is 3.00 bits per heavy atom. The van der Waals surface area contributed by atoms with E-state index in [0.29, 0.717) is 11.3 Å². The third-order valence-corrected chi connectivity index (χ3v) is 4.81. The van der Waals surface area contributed by atoms with Gasteiger partial charge in [-0.25, -0.2) is 0 Å². The third-order valence-electron chi connectivity index (χ3n) is 4.81. The standard InChI is InChI=1S/C17H25NO/c1-17(2)9-8-15(18)14(11-17)13-7-3-5-12-6-4-10-19-16(12)13/h3,5,7,14-15H,4,6,8-11,18H2,1-2H3. The molecule has 0 bridgehead atoms. The minimum Gasteiger partial charge on any atom is -0.493 e. The Hall–Kier alpha value is -1.02. The van der Waals surface area contributed by atoms with Crippen molar-refractivity contribution in [3.63, 3.8) is 0 Å². The summed E-state index contributed by atoms with van der Waals surface area (Å²) in [6.45, 7) is 5.58. The largest absolute Gasteiger partial charge is 0.493 e. The fraction of sp³-hybridized carbons (Fsp3) is 0.647. The lowest BCUT2D eigenvalue weighted by Crippen LogP contribution is -2.38. The van der Waals surface area contributed by atoms with Gasteiger partial charge < -0.3 is 10.5 Å². The van der Waals surface area contributed by atoms with E-state index in [1.165, 1.54) is 24.0 Å². The van der Waals surface area contributed by atoms with Gasteiger partial charge >= 0.3 is 0 Å². The molecule has 2 unspecified atom stereocenters. The molecule has 1 heterocycles. The molecule has 1 saturated carbocycles. The molecule has 0 spiro atoms. The summed E-state index contributed by atoms with van der Waals surface area (Å²) >= 11 is 0. The van der Waals surface area contributed by atoms with E-state index in [9.17, 15) is 0 Å². The molecular formula is C17H25NO. The Bertz CT molecular complexity index is 466. The first-order valence-electron chi connectivity index (χ1n) is 7.57. The first-order chi connectivity index (χ1) is 9.07. The molecular weight excluding hydrogens is 234 g/mol. The van der Waals surface area contributed by atoms with E-state index in [2.05, 4.69) is 32.0 Å². The van der Waals surface area contributed by atoms with Crippen LogP contribution in [0.5, 0.6) is 5.75 Å². The molecule has 2 atom stereocenters. The number of aryl methyl sites for hydroxylation is 1. The average molecular weight is 259 g/mol. The number of para-hydroxylation sites is 1. The molecule has 104 valence electrons. The molecule has 2 N–H and O–H groups in total. The molecule has 0 amide bonds. The van der Waals surface area contributed by atoms with Crippen molar-refractivity contribution in [2.75, 3.05) is 6.61 Å². The molecule has 2 nitrogen and oxygen atoms in total. The molecule has 2 aliphatic rings. The topological polar surface area (TPSA) is 35.2 Å². The monoisotopic (exact) mass is 259 g/mol. The van der Waals surface area contributed by atoms with Gasteiger partial charge in [-0.2, -0.15) is 0 Å². The Morgan fingerprint density at radius 1 is 1.32 bits per heavy atom. The molecule has 3 rings (SSSR count). The van der Waals surface area contributed by atoms with Crippen LogP contribution in [0.3, 0.4) is 0 Å².